The molecule has 0 aliphatic carbocycles. The molecule has 0 bridgehead atoms. The van der Waals surface area contributed by atoms with Crippen LogP contribution in [-0.4, -0.2) is 36.5 Å². The van der Waals surface area contributed by atoms with Crippen molar-refractivity contribution in [3.8, 4) is 0 Å². The summed E-state index contributed by atoms with van der Waals surface area (Å²) in [4.78, 5) is 8.43. The van der Waals surface area contributed by atoms with E-state index in [1.807, 2.05) is 11.3 Å². The van der Waals surface area contributed by atoms with Crippen LogP contribution in [0.3, 0.4) is 0 Å². The molecule has 3 N–H and O–H groups in total. The Kier molecular flexibility index (Phi) is 5.22. The molecule has 1 atom stereocenters. The fourth-order valence-corrected chi connectivity index (χ4v) is 3.30. The van der Waals surface area contributed by atoms with Gasteiger partial charge in [-0.15, -0.1) is 11.3 Å². The summed E-state index contributed by atoms with van der Waals surface area (Å²) in [6, 6.07) is 5.03. The van der Waals surface area contributed by atoms with Crippen LogP contribution in [0.25, 0.3) is 0 Å². The number of rotatable bonds is 5. The van der Waals surface area contributed by atoms with E-state index in [9.17, 15) is 0 Å². The van der Waals surface area contributed by atoms with E-state index in [1.165, 1.54) is 30.8 Å². The molecule has 4 nitrogen and oxygen atoms in total. The summed E-state index contributed by atoms with van der Waals surface area (Å²) in [7, 11) is 0. The number of aliphatic imine (C=N–C) groups is 1. The third-order valence-corrected chi connectivity index (χ3v) is 4.30. The predicted octanol–water partition coefficient (Wildman–Crippen LogP) is 2.20. The Morgan fingerprint density at radius 3 is 2.79 bits per heavy atom. The maximum Gasteiger partial charge on any atom is 0.188 e. The maximum absolute atomic E-state index is 5.90. The molecule has 0 amide bonds. The number of guanidine groups is 1. The lowest BCUT2D eigenvalue weighted by Crippen LogP contribution is -2.37. The largest absolute Gasteiger partial charge is 0.370 e. The zero-order chi connectivity index (χ0) is 13.7. The number of hydrogen-bond donors (Lipinski definition) is 2. The Morgan fingerprint density at radius 1 is 1.47 bits per heavy atom. The van der Waals surface area contributed by atoms with Crippen LogP contribution >= 0.6 is 11.3 Å². The zero-order valence-corrected chi connectivity index (χ0v) is 12.6. The van der Waals surface area contributed by atoms with Gasteiger partial charge in [0.15, 0.2) is 5.96 Å². The summed E-state index contributed by atoms with van der Waals surface area (Å²) in [5, 5.41) is 5.28. The third-order valence-electron chi connectivity index (χ3n) is 3.32. The highest BCUT2D eigenvalue weighted by Crippen LogP contribution is 2.28. The highest BCUT2D eigenvalue weighted by atomic mass is 32.1. The Morgan fingerprint density at radius 2 is 2.21 bits per heavy atom. The Balaban J connectivity index is 2.02. The summed E-state index contributed by atoms with van der Waals surface area (Å²) in [5.41, 5.74) is 5.90. The van der Waals surface area contributed by atoms with Gasteiger partial charge in [-0.1, -0.05) is 6.07 Å². The van der Waals surface area contributed by atoms with Crippen molar-refractivity contribution in [2.75, 3.05) is 19.6 Å². The number of likely N-dealkylation sites (tertiary alicyclic amines) is 1. The predicted molar refractivity (Wildman–Crippen MR) is 82.6 cm³/mol. The Bertz CT molecular complexity index is 394. The van der Waals surface area contributed by atoms with Crippen molar-refractivity contribution < 1.29 is 0 Å². The average Bonchev–Trinajstić information content (AvgIpc) is 3.00. The van der Waals surface area contributed by atoms with Crippen molar-refractivity contribution in [2.24, 2.45) is 10.7 Å². The summed E-state index contributed by atoms with van der Waals surface area (Å²) < 4.78 is 0. The topological polar surface area (TPSA) is 53.6 Å². The molecule has 1 fully saturated rings. The normalized spacial score (nSPS) is 19.0. The van der Waals surface area contributed by atoms with Crippen molar-refractivity contribution in [1.29, 1.82) is 0 Å². The van der Waals surface area contributed by atoms with Crippen molar-refractivity contribution in [2.45, 2.75) is 38.8 Å². The van der Waals surface area contributed by atoms with Gasteiger partial charge >= 0.3 is 0 Å². The molecule has 1 aromatic rings. The fourth-order valence-electron chi connectivity index (χ4n) is 2.45. The van der Waals surface area contributed by atoms with Gasteiger partial charge < -0.3 is 11.1 Å². The minimum absolute atomic E-state index is 0.329. The van der Waals surface area contributed by atoms with E-state index in [4.69, 9.17) is 5.73 Å². The molecule has 106 valence electrons. The van der Waals surface area contributed by atoms with Crippen LogP contribution in [0, 0.1) is 0 Å². The second kappa shape index (κ2) is 6.91. The minimum atomic E-state index is 0.329. The van der Waals surface area contributed by atoms with E-state index in [0.717, 1.165) is 6.54 Å². The van der Waals surface area contributed by atoms with E-state index < -0.39 is 0 Å². The van der Waals surface area contributed by atoms with Gasteiger partial charge in [-0.05, 0) is 51.2 Å². The molecule has 2 heterocycles. The first-order chi connectivity index (χ1) is 9.16. The van der Waals surface area contributed by atoms with Gasteiger partial charge in [-0.3, -0.25) is 9.89 Å². The highest BCUT2D eigenvalue weighted by Gasteiger charge is 2.23. The van der Waals surface area contributed by atoms with Crippen LogP contribution in [0.15, 0.2) is 22.5 Å². The zero-order valence-electron chi connectivity index (χ0n) is 11.8. The van der Waals surface area contributed by atoms with Crippen LogP contribution in [0.1, 0.15) is 37.6 Å². The number of thiophene rings is 1. The lowest BCUT2D eigenvalue weighted by molar-refractivity contribution is 0.255. The first-order valence-electron chi connectivity index (χ1n) is 7.00. The Hall–Kier alpha value is -1.07. The van der Waals surface area contributed by atoms with Gasteiger partial charge in [0.25, 0.3) is 0 Å². The standard InChI is InChI=1S/C14H24N4S/c1-11(2)17-14(15)16-10-12(13-6-5-9-19-13)18-7-3-4-8-18/h5-6,9,11-12H,3-4,7-8,10H2,1-2H3,(H3,15,16,17). The first kappa shape index (κ1) is 14.3. The van der Waals surface area contributed by atoms with Crippen molar-refractivity contribution in [1.82, 2.24) is 10.2 Å². The molecule has 0 spiro atoms. The number of nitrogens with two attached hydrogens (primary N) is 1. The van der Waals surface area contributed by atoms with Gasteiger partial charge in [0.2, 0.25) is 0 Å². The lowest BCUT2D eigenvalue weighted by Gasteiger charge is -2.25. The molecule has 1 aliphatic rings. The molecule has 0 aromatic carbocycles. The minimum Gasteiger partial charge on any atom is -0.370 e. The smallest absolute Gasteiger partial charge is 0.188 e. The van der Waals surface area contributed by atoms with Gasteiger partial charge in [-0.25, -0.2) is 0 Å². The molecular weight excluding hydrogens is 256 g/mol. The number of hydrogen-bond acceptors (Lipinski definition) is 3. The molecule has 1 aliphatic heterocycles. The molecule has 1 aromatic heterocycles. The number of nitrogens with one attached hydrogen (secondary N) is 1. The highest BCUT2D eigenvalue weighted by molar-refractivity contribution is 7.10. The van der Waals surface area contributed by atoms with E-state index in [0.29, 0.717) is 18.0 Å². The second-order valence-electron chi connectivity index (χ2n) is 5.30. The van der Waals surface area contributed by atoms with Gasteiger partial charge in [0, 0.05) is 10.9 Å². The van der Waals surface area contributed by atoms with E-state index >= 15 is 0 Å². The molecule has 0 saturated carbocycles. The summed E-state index contributed by atoms with van der Waals surface area (Å²) >= 11 is 1.81. The van der Waals surface area contributed by atoms with E-state index in [-0.39, 0.29) is 0 Å². The van der Waals surface area contributed by atoms with Gasteiger partial charge in [0.1, 0.15) is 0 Å². The number of nitrogens with zero attached hydrogens (tertiary/aromatic N) is 2. The summed E-state index contributed by atoms with van der Waals surface area (Å²) in [6.45, 7) is 7.23. The fraction of sp³-hybridized carbons (Fsp3) is 0.643. The molecule has 5 heteroatoms. The van der Waals surface area contributed by atoms with Crippen LogP contribution in [0.5, 0.6) is 0 Å². The van der Waals surface area contributed by atoms with E-state index in [1.54, 1.807) is 0 Å². The average molecular weight is 280 g/mol. The van der Waals surface area contributed by atoms with Crippen LogP contribution in [0.4, 0.5) is 0 Å². The SMILES string of the molecule is CC(C)NC(N)=NCC(c1cccs1)N1CCCC1. The van der Waals surface area contributed by atoms with Crippen LogP contribution in [-0.2, 0) is 0 Å². The maximum atomic E-state index is 5.90. The molecule has 1 saturated heterocycles. The monoisotopic (exact) mass is 280 g/mol. The van der Waals surface area contributed by atoms with Crippen LogP contribution < -0.4 is 11.1 Å². The molecular formula is C14H24N4S. The molecule has 19 heavy (non-hydrogen) atoms. The molecule has 2 rings (SSSR count). The van der Waals surface area contributed by atoms with Gasteiger partial charge in [-0.2, -0.15) is 0 Å². The van der Waals surface area contributed by atoms with Crippen molar-refractivity contribution >= 4 is 17.3 Å². The van der Waals surface area contributed by atoms with Crippen molar-refractivity contribution in [3.05, 3.63) is 22.4 Å². The molecule has 0 radical (unpaired) electrons. The second-order valence-corrected chi connectivity index (χ2v) is 6.28. The Labute approximate surface area is 119 Å². The summed E-state index contributed by atoms with van der Waals surface area (Å²) in [5.74, 6) is 0.552. The van der Waals surface area contributed by atoms with E-state index in [2.05, 4.69) is 46.6 Å². The molecule has 1 unspecified atom stereocenters. The van der Waals surface area contributed by atoms with Crippen LogP contribution in [0.2, 0.25) is 0 Å². The quantitative estimate of drug-likeness (QED) is 0.642. The summed E-state index contributed by atoms with van der Waals surface area (Å²) in [6.07, 6.45) is 2.59. The third kappa shape index (κ3) is 4.21. The van der Waals surface area contributed by atoms with Crippen molar-refractivity contribution in [3.63, 3.8) is 0 Å². The first-order valence-corrected chi connectivity index (χ1v) is 7.88. The lowest BCUT2D eigenvalue weighted by atomic mass is 10.2. The van der Waals surface area contributed by atoms with Gasteiger partial charge in [0.05, 0.1) is 12.6 Å².